The van der Waals surface area contributed by atoms with Crippen LogP contribution in [0.25, 0.3) is 11.3 Å². The van der Waals surface area contributed by atoms with Crippen molar-refractivity contribution in [2.45, 2.75) is 13.0 Å². The quantitative estimate of drug-likeness (QED) is 0.802. The second kappa shape index (κ2) is 4.33. The SMILES string of the molecule is CC(O)c1ccc(-c2ccc(C=O)o2)cc1. The predicted octanol–water partition coefficient (Wildman–Crippen LogP) is 2.81. The van der Waals surface area contributed by atoms with Gasteiger partial charge in [-0.2, -0.15) is 0 Å². The average molecular weight is 216 g/mol. The van der Waals surface area contributed by atoms with Crippen LogP contribution in [0, 0.1) is 0 Å². The third-order valence-electron chi connectivity index (χ3n) is 2.42. The summed E-state index contributed by atoms with van der Waals surface area (Å²) >= 11 is 0. The normalized spacial score (nSPS) is 12.4. The molecule has 1 aromatic carbocycles. The van der Waals surface area contributed by atoms with Crippen molar-refractivity contribution in [1.82, 2.24) is 0 Å². The van der Waals surface area contributed by atoms with E-state index in [0.717, 1.165) is 11.1 Å². The van der Waals surface area contributed by atoms with Gasteiger partial charge in [0.2, 0.25) is 0 Å². The van der Waals surface area contributed by atoms with Crippen molar-refractivity contribution in [3.8, 4) is 11.3 Å². The molecule has 0 bridgehead atoms. The molecule has 3 nitrogen and oxygen atoms in total. The number of aliphatic hydroxyl groups is 1. The van der Waals surface area contributed by atoms with Crippen LogP contribution in [0.15, 0.2) is 40.8 Å². The van der Waals surface area contributed by atoms with Crippen LogP contribution in [0.4, 0.5) is 0 Å². The Kier molecular flexibility index (Phi) is 2.88. The molecule has 3 heteroatoms. The van der Waals surface area contributed by atoms with Crippen LogP contribution in [0.1, 0.15) is 29.1 Å². The molecule has 0 aliphatic carbocycles. The molecule has 0 saturated carbocycles. The van der Waals surface area contributed by atoms with E-state index in [1.165, 1.54) is 0 Å². The second-order valence-electron chi connectivity index (χ2n) is 3.62. The Bertz CT molecular complexity index is 480. The van der Waals surface area contributed by atoms with Crippen LogP contribution in [-0.4, -0.2) is 11.4 Å². The molecule has 2 rings (SSSR count). The molecule has 0 radical (unpaired) electrons. The van der Waals surface area contributed by atoms with Crippen molar-refractivity contribution in [3.05, 3.63) is 47.7 Å². The first-order valence-electron chi connectivity index (χ1n) is 5.04. The molecule has 0 aliphatic heterocycles. The summed E-state index contributed by atoms with van der Waals surface area (Å²) in [6, 6.07) is 10.8. The van der Waals surface area contributed by atoms with Crippen LogP contribution in [0.2, 0.25) is 0 Å². The number of carbonyl (C=O) groups excluding carboxylic acids is 1. The lowest BCUT2D eigenvalue weighted by molar-refractivity contribution is 0.110. The summed E-state index contributed by atoms with van der Waals surface area (Å²) in [5, 5.41) is 9.36. The van der Waals surface area contributed by atoms with Gasteiger partial charge in [-0.15, -0.1) is 0 Å². The first-order valence-corrected chi connectivity index (χ1v) is 5.04. The molecule has 0 aliphatic rings. The van der Waals surface area contributed by atoms with Crippen LogP contribution in [0.5, 0.6) is 0 Å². The van der Waals surface area contributed by atoms with Crippen molar-refractivity contribution in [2.24, 2.45) is 0 Å². The van der Waals surface area contributed by atoms with Crippen LogP contribution in [-0.2, 0) is 0 Å². The molecule has 1 atom stereocenters. The van der Waals surface area contributed by atoms with E-state index in [2.05, 4.69) is 0 Å². The van der Waals surface area contributed by atoms with Gasteiger partial charge in [0.1, 0.15) is 5.76 Å². The zero-order valence-electron chi connectivity index (χ0n) is 8.88. The van der Waals surface area contributed by atoms with Gasteiger partial charge in [-0.25, -0.2) is 0 Å². The zero-order chi connectivity index (χ0) is 11.5. The lowest BCUT2D eigenvalue weighted by Crippen LogP contribution is -1.89. The molecular formula is C13H12O3. The van der Waals surface area contributed by atoms with Crippen LogP contribution in [0.3, 0.4) is 0 Å². The summed E-state index contributed by atoms with van der Waals surface area (Å²) in [7, 11) is 0. The molecule has 1 unspecified atom stereocenters. The van der Waals surface area contributed by atoms with Gasteiger partial charge in [-0.3, -0.25) is 4.79 Å². The van der Waals surface area contributed by atoms with E-state index in [-0.39, 0.29) is 0 Å². The number of hydrogen-bond donors (Lipinski definition) is 1. The predicted molar refractivity (Wildman–Crippen MR) is 60.2 cm³/mol. The minimum absolute atomic E-state index is 0.314. The summed E-state index contributed by atoms with van der Waals surface area (Å²) in [5.41, 5.74) is 1.74. The minimum atomic E-state index is -0.476. The second-order valence-corrected chi connectivity index (χ2v) is 3.62. The fourth-order valence-corrected chi connectivity index (χ4v) is 1.50. The molecule has 2 aromatic rings. The minimum Gasteiger partial charge on any atom is -0.453 e. The number of benzene rings is 1. The van der Waals surface area contributed by atoms with E-state index in [9.17, 15) is 9.90 Å². The average Bonchev–Trinajstić information content (AvgIpc) is 2.77. The largest absolute Gasteiger partial charge is 0.453 e. The smallest absolute Gasteiger partial charge is 0.185 e. The van der Waals surface area contributed by atoms with Crippen molar-refractivity contribution >= 4 is 6.29 Å². The summed E-state index contributed by atoms with van der Waals surface area (Å²) in [6.45, 7) is 1.71. The highest BCUT2D eigenvalue weighted by Crippen LogP contribution is 2.23. The van der Waals surface area contributed by atoms with Crippen molar-refractivity contribution in [3.63, 3.8) is 0 Å². The Balaban J connectivity index is 2.30. The Morgan fingerprint density at radius 3 is 2.38 bits per heavy atom. The molecule has 1 aromatic heterocycles. The van der Waals surface area contributed by atoms with Crippen molar-refractivity contribution in [2.75, 3.05) is 0 Å². The topological polar surface area (TPSA) is 50.4 Å². The fraction of sp³-hybridized carbons (Fsp3) is 0.154. The molecule has 0 fully saturated rings. The highest BCUT2D eigenvalue weighted by Gasteiger charge is 2.05. The van der Waals surface area contributed by atoms with Gasteiger partial charge in [-0.05, 0) is 24.6 Å². The molecule has 1 N–H and O–H groups in total. The molecular weight excluding hydrogens is 204 g/mol. The van der Waals surface area contributed by atoms with E-state index in [0.29, 0.717) is 17.8 Å². The number of carbonyl (C=O) groups is 1. The highest BCUT2D eigenvalue weighted by molar-refractivity contribution is 5.72. The van der Waals surface area contributed by atoms with E-state index in [1.54, 1.807) is 19.1 Å². The first-order chi connectivity index (χ1) is 7.70. The number of rotatable bonds is 3. The number of furan rings is 1. The standard InChI is InChI=1S/C13H12O3/c1-9(15)10-2-4-11(5-3-10)13-7-6-12(8-14)16-13/h2-9,15H,1H3. The van der Waals surface area contributed by atoms with Gasteiger partial charge in [0.25, 0.3) is 0 Å². The Labute approximate surface area is 93.3 Å². The lowest BCUT2D eigenvalue weighted by atomic mass is 10.1. The third kappa shape index (κ3) is 2.04. The summed E-state index contributed by atoms with van der Waals surface area (Å²) in [5.74, 6) is 0.967. The number of aldehydes is 1. The first kappa shape index (κ1) is 10.6. The van der Waals surface area contributed by atoms with Gasteiger partial charge >= 0.3 is 0 Å². The summed E-state index contributed by atoms with van der Waals surface area (Å²) in [6.07, 6.45) is 0.199. The molecule has 0 amide bonds. The maximum atomic E-state index is 10.5. The van der Waals surface area contributed by atoms with Crippen LogP contribution >= 0.6 is 0 Å². The van der Waals surface area contributed by atoms with E-state index >= 15 is 0 Å². The lowest BCUT2D eigenvalue weighted by Gasteiger charge is -2.04. The van der Waals surface area contributed by atoms with Gasteiger partial charge in [0, 0.05) is 5.56 Å². The molecule has 1 heterocycles. The van der Waals surface area contributed by atoms with Crippen molar-refractivity contribution < 1.29 is 14.3 Å². The van der Waals surface area contributed by atoms with E-state index in [1.807, 2.05) is 24.3 Å². The molecule has 0 spiro atoms. The Hall–Kier alpha value is -1.87. The molecule has 82 valence electrons. The summed E-state index contributed by atoms with van der Waals surface area (Å²) in [4.78, 5) is 10.5. The van der Waals surface area contributed by atoms with E-state index in [4.69, 9.17) is 4.42 Å². The van der Waals surface area contributed by atoms with Gasteiger partial charge in [0.15, 0.2) is 12.0 Å². The number of aliphatic hydroxyl groups excluding tert-OH is 1. The Morgan fingerprint density at radius 2 is 1.88 bits per heavy atom. The monoisotopic (exact) mass is 216 g/mol. The van der Waals surface area contributed by atoms with E-state index < -0.39 is 6.10 Å². The summed E-state index contributed by atoms with van der Waals surface area (Å²) < 4.78 is 5.29. The van der Waals surface area contributed by atoms with Crippen LogP contribution < -0.4 is 0 Å². The molecule has 16 heavy (non-hydrogen) atoms. The third-order valence-corrected chi connectivity index (χ3v) is 2.42. The molecule has 0 saturated heterocycles. The fourth-order valence-electron chi connectivity index (χ4n) is 1.50. The number of hydrogen-bond acceptors (Lipinski definition) is 3. The van der Waals surface area contributed by atoms with Crippen molar-refractivity contribution in [1.29, 1.82) is 0 Å². The van der Waals surface area contributed by atoms with Gasteiger partial charge in [0.05, 0.1) is 6.10 Å². The van der Waals surface area contributed by atoms with Gasteiger partial charge in [-0.1, -0.05) is 24.3 Å². The Morgan fingerprint density at radius 1 is 1.19 bits per heavy atom. The zero-order valence-corrected chi connectivity index (χ0v) is 8.88. The maximum Gasteiger partial charge on any atom is 0.185 e. The van der Waals surface area contributed by atoms with Gasteiger partial charge < -0.3 is 9.52 Å². The maximum absolute atomic E-state index is 10.5. The highest BCUT2D eigenvalue weighted by atomic mass is 16.3.